The molecule has 2 aromatic heterocycles. The van der Waals surface area contributed by atoms with E-state index in [0.717, 1.165) is 33.1 Å². The third kappa shape index (κ3) is 6.13. The molecule has 0 radical (unpaired) electrons. The molecule has 2 saturated heterocycles. The van der Waals surface area contributed by atoms with Crippen LogP contribution in [0.2, 0.25) is 0 Å². The Hall–Kier alpha value is -4.58. The van der Waals surface area contributed by atoms with Gasteiger partial charge >= 0.3 is 0 Å². The minimum atomic E-state index is -0.962. The molecular weight excluding hydrogens is 604 g/mol. The van der Waals surface area contributed by atoms with Gasteiger partial charge in [0.1, 0.15) is 17.5 Å². The smallest absolute Gasteiger partial charge is 0.268 e. The van der Waals surface area contributed by atoms with E-state index in [2.05, 4.69) is 20.6 Å². The van der Waals surface area contributed by atoms with Crippen molar-refractivity contribution in [1.29, 1.82) is 0 Å². The first kappa shape index (κ1) is 30.1. The second-order valence-electron chi connectivity index (χ2n) is 11.8. The van der Waals surface area contributed by atoms with Gasteiger partial charge < -0.3 is 29.8 Å². The van der Waals surface area contributed by atoms with Gasteiger partial charge in [0.05, 0.1) is 36.6 Å². The van der Waals surface area contributed by atoms with Gasteiger partial charge in [0.2, 0.25) is 11.7 Å². The van der Waals surface area contributed by atoms with Crippen molar-refractivity contribution < 1.29 is 28.6 Å². The first-order valence-corrected chi connectivity index (χ1v) is 16.2. The summed E-state index contributed by atoms with van der Waals surface area (Å²) in [6.07, 6.45) is 1.17. The number of methoxy groups -OCH3 is 1. The molecule has 0 spiro atoms. The number of nitrogens with one attached hydrogen (secondary N) is 3. The second kappa shape index (κ2) is 13.0. The first-order valence-electron chi connectivity index (χ1n) is 15.4. The lowest BCUT2D eigenvalue weighted by atomic mass is 9.86. The number of hydrogen-bond acceptors (Lipinski definition) is 8. The van der Waals surface area contributed by atoms with Crippen molar-refractivity contribution in [3.8, 4) is 5.75 Å². The highest BCUT2D eigenvalue weighted by Crippen LogP contribution is 2.38. The molecule has 3 unspecified atom stereocenters. The number of ketones is 1. The van der Waals surface area contributed by atoms with Gasteiger partial charge in [-0.1, -0.05) is 48.5 Å². The molecular formula is C35H34N4O6S. The van der Waals surface area contributed by atoms with Crippen LogP contribution >= 0.6 is 11.3 Å². The molecule has 11 heteroatoms. The summed E-state index contributed by atoms with van der Waals surface area (Å²) >= 11 is 1.31. The van der Waals surface area contributed by atoms with Crippen LogP contribution in [-0.4, -0.2) is 66.3 Å². The number of benzene rings is 3. The van der Waals surface area contributed by atoms with Gasteiger partial charge in [-0.15, -0.1) is 11.3 Å². The fourth-order valence-corrected chi connectivity index (χ4v) is 7.41. The summed E-state index contributed by atoms with van der Waals surface area (Å²) in [4.78, 5) is 49.5. The van der Waals surface area contributed by atoms with Crippen LogP contribution in [0.5, 0.6) is 5.75 Å². The number of hydrogen-bond donors (Lipinski definition) is 3. The van der Waals surface area contributed by atoms with Gasteiger partial charge in [0.25, 0.3) is 5.91 Å². The molecule has 0 bridgehead atoms. The van der Waals surface area contributed by atoms with Crippen LogP contribution in [0, 0.1) is 11.8 Å². The number of aromatic amines is 1. The third-order valence-corrected chi connectivity index (χ3v) is 9.88. The maximum absolute atomic E-state index is 14.1. The Morgan fingerprint density at radius 2 is 1.83 bits per heavy atom. The summed E-state index contributed by atoms with van der Waals surface area (Å²) in [5.74, 6) is -0.346. The van der Waals surface area contributed by atoms with Crippen molar-refractivity contribution in [2.75, 3.05) is 20.3 Å². The molecule has 2 aliphatic rings. The van der Waals surface area contributed by atoms with Crippen molar-refractivity contribution in [2.45, 2.75) is 37.6 Å². The Morgan fingerprint density at radius 3 is 2.65 bits per heavy atom. The number of aromatic nitrogens is 2. The minimum absolute atomic E-state index is 0.0274. The van der Waals surface area contributed by atoms with E-state index in [-0.39, 0.29) is 30.3 Å². The highest BCUT2D eigenvalue weighted by molar-refractivity contribution is 7.20. The summed E-state index contributed by atoms with van der Waals surface area (Å²) in [7, 11) is 1.57. The van der Waals surface area contributed by atoms with Crippen LogP contribution in [0.3, 0.4) is 0 Å². The van der Waals surface area contributed by atoms with Crippen LogP contribution in [0.15, 0.2) is 78.9 Å². The van der Waals surface area contributed by atoms with Crippen molar-refractivity contribution >= 4 is 50.1 Å². The maximum atomic E-state index is 14.1. The molecule has 10 nitrogen and oxygen atoms in total. The molecule has 5 aromatic rings. The first-order chi connectivity index (χ1) is 22.5. The van der Waals surface area contributed by atoms with Crippen LogP contribution in [0.1, 0.15) is 38.7 Å². The van der Waals surface area contributed by atoms with Crippen LogP contribution < -0.4 is 15.4 Å². The lowest BCUT2D eigenvalue weighted by molar-refractivity contribution is -0.123. The van der Waals surface area contributed by atoms with Crippen molar-refractivity contribution in [2.24, 2.45) is 11.8 Å². The molecule has 3 aromatic carbocycles. The van der Waals surface area contributed by atoms with Gasteiger partial charge in [0, 0.05) is 23.2 Å². The fourth-order valence-electron chi connectivity index (χ4n) is 6.45. The van der Waals surface area contributed by atoms with E-state index in [1.165, 1.54) is 11.3 Å². The van der Waals surface area contributed by atoms with Crippen LogP contribution in [0.4, 0.5) is 0 Å². The summed E-state index contributed by atoms with van der Waals surface area (Å²) in [5, 5.41) is 7.04. The molecule has 2 amide bonds. The number of fused-ring (bicyclic) bond motifs is 3. The molecule has 4 heterocycles. The standard InChI is InChI=1S/C35H34N4O6S/c1-43-29-12-7-11-24-23(29)18-28(36-24)33(42)38-27(16-20-8-3-2-4-9-20)32(41)37-26(17-21-19-45-35-22(21)14-15-44-35)31(40)34-39-25-10-5-6-13-30(25)46-34/h2-13,18,21-22,26-27,35-36H,14-17,19H2,1H3,(H,37,41)(H,38,42)/t21?,22?,26-,27-,35?/m0/s1. The van der Waals surface area contributed by atoms with Crippen LogP contribution in [0.25, 0.3) is 21.1 Å². The Labute approximate surface area is 269 Å². The summed E-state index contributed by atoms with van der Waals surface area (Å²) in [6, 6.07) is 22.4. The van der Waals surface area contributed by atoms with Gasteiger partial charge in [-0.3, -0.25) is 14.4 Å². The highest BCUT2D eigenvalue weighted by atomic mass is 32.1. The molecule has 0 aliphatic carbocycles. The van der Waals surface area contributed by atoms with Gasteiger partial charge in [-0.2, -0.15) is 0 Å². The number of amides is 2. The predicted octanol–water partition coefficient (Wildman–Crippen LogP) is 4.89. The number of thiazole rings is 1. The van der Waals surface area contributed by atoms with E-state index in [4.69, 9.17) is 14.2 Å². The number of nitrogens with zero attached hydrogens (tertiary/aromatic N) is 1. The number of ether oxygens (including phenoxy) is 3. The maximum Gasteiger partial charge on any atom is 0.268 e. The zero-order valence-electron chi connectivity index (χ0n) is 25.2. The molecule has 7 rings (SSSR count). The largest absolute Gasteiger partial charge is 0.496 e. The Bertz CT molecular complexity index is 1850. The van der Waals surface area contributed by atoms with E-state index in [0.29, 0.717) is 36.1 Å². The number of rotatable bonds is 11. The van der Waals surface area contributed by atoms with E-state index >= 15 is 0 Å². The van der Waals surface area contributed by atoms with Crippen molar-refractivity contribution in [3.63, 3.8) is 0 Å². The van der Waals surface area contributed by atoms with E-state index in [1.54, 1.807) is 13.2 Å². The molecule has 46 heavy (non-hydrogen) atoms. The molecule has 236 valence electrons. The summed E-state index contributed by atoms with van der Waals surface area (Å²) < 4.78 is 17.9. The number of carbonyl (C=O) groups is 3. The number of H-pyrrole nitrogens is 1. The van der Waals surface area contributed by atoms with Crippen molar-refractivity contribution in [1.82, 2.24) is 20.6 Å². The van der Waals surface area contributed by atoms with Crippen LogP contribution in [-0.2, 0) is 20.7 Å². The minimum Gasteiger partial charge on any atom is -0.496 e. The Kier molecular flexibility index (Phi) is 8.53. The molecule has 2 aliphatic heterocycles. The van der Waals surface area contributed by atoms with E-state index in [9.17, 15) is 14.4 Å². The second-order valence-corrected chi connectivity index (χ2v) is 12.8. The molecule has 2 fully saturated rings. The fraction of sp³-hybridized carbons (Fsp3) is 0.314. The lowest BCUT2D eigenvalue weighted by Crippen LogP contribution is -2.53. The molecule has 3 N–H and O–H groups in total. The SMILES string of the molecule is COc1cccc2[nH]c(C(=O)N[C@@H](Cc3ccccc3)C(=O)N[C@@H](CC3COC4OCCC34)C(=O)c3nc4ccccc4s3)cc12. The zero-order valence-corrected chi connectivity index (χ0v) is 26.0. The number of carbonyl (C=O) groups excluding carboxylic acids is 3. The topological polar surface area (TPSA) is 132 Å². The van der Waals surface area contributed by atoms with Gasteiger partial charge in [0.15, 0.2) is 11.3 Å². The summed E-state index contributed by atoms with van der Waals surface area (Å²) in [5.41, 5.74) is 2.63. The highest BCUT2D eigenvalue weighted by Gasteiger charge is 2.44. The van der Waals surface area contributed by atoms with E-state index < -0.39 is 23.9 Å². The number of para-hydroxylation sites is 1. The number of Topliss-reactive ketones (excluding diaryl/α,β-unsaturated/α-hetero) is 1. The van der Waals surface area contributed by atoms with Crippen molar-refractivity contribution in [3.05, 3.63) is 95.1 Å². The van der Waals surface area contributed by atoms with Gasteiger partial charge in [-0.25, -0.2) is 4.98 Å². The molecule has 5 atom stereocenters. The normalized spacial score (nSPS) is 20.3. The Balaban J connectivity index is 1.16. The summed E-state index contributed by atoms with van der Waals surface area (Å²) in [6.45, 7) is 1.06. The monoisotopic (exact) mass is 638 g/mol. The molecule has 0 saturated carbocycles. The predicted molar refractivity (Wildman–Crippen MR) is 174 cm³/mol. The van der Waals surface area contributed by atoms with E-state index in [1.807, 2.05) is 72.8 Å². The van der Waals surface area contributed by atoms with Gasteiger partial charge in [-0.05, 0) is 54.7 Å². The Morgan fingerprint density at radius 1 is 1.00 bits per heavy atom. The lowest BCUT2D eigenvalue weighted by Gasteiger charge is -2.25. The average molecular weight is 639 g/mol. The zero-order chi connectivity index (χ0) is 31.6. The third-order valence-electron chi connectivity index (χ3n) is 8.83. The quantitative estimate of drug-likeness (QED) is 0.176. The average Bonchev–Trinajstić information content (AvgIpc) is 3.88.